The molecule has 0 radical (unpaired) electrons. The zero-order chi connectivity index (χ0) is 13.0. The first-order chi connectivity index (χ1) is 7.95. The van der Waals surface area contributed by atoms with Crippen LogP contribution in [0, 0.1) is 10.1 Å². The van der Waals surface area contributed by atoms with Crippen molar-refractivity contribution in [1.29, 1.82) is 0 Å². The van der Waals surface area contributed by atoms with Gasteiger partial charge in [0.05, 0.1) is 19.1 Å². The number of alkyl halides is 2. The van der Waals surface area contributed by atoms with Gasteiger partial charge in [0.2, 0.25) is 0 Å². The summed E-state index contributed by atoms with van der Waals surface area (Å²) >= 11 is 0. The monoisotopic (exact) mass is 246 g/mol. The van der Waals surface area contributed by atoms with Gasteiger partial charge in [-0.2, -0.15) is 0 Å². The van der Waals surface area contributed by atoms with E-state index in [-0.39, 0.29) is 5.56 Å². The van der Waals surface area contributed by atoms with Gasteiger partial charge in [0, 0.05) is 6.07 Å². The van der Waals surface area contributed by atoms with Crippen LogP contribution in [0.3, 0.4) is 0 Å². The zero-order valence-electron chi connectivity index (χ0n) is 8.72. The van der Waals surface area contributed by atoms with Gasteiger partial charge in [-0.25, -0.2) is 8.78 Å². The van der Waals surface area contributed by atoms with Crippen molar-refractivity contribution in [2.45, 2.75) is 12.8 Å². The third kappa shape index (κ3) is 3.16. The summed E-state index contributed by atoms with van der Waals surface area (Å²) in [6.07, 6.45) is -2.62. The van der Waals surface area contributed by atoms with Crippen LogP contribution in [0.2, 0.25) is 0 Å². The highest BCUT2D eigenvalue weighted by molar-refractivity contribution is 5.73. The lowest BCUT2D eigenvalue weighted by Crippen LogP contribution is -2.08. The van der Waals surface area contributed by atoms with E-state index >= 15 is 0 Å². The van der Waals surface area contributed by atoms with E-state index in [1.165, 1.54) is 0 Å². The number of rotatable bonds is 4. The van der Waals surface area contributed by atoms with Gasteiger partial charge in [0.15, 0.2) is 0 Å². The van der Waals surface area contributed by atoms with Crippen LogP contribution in [0.5, 0.6) is 0 Å². The molecule has 0 N–H and O–H groups in total. The van der Waals surface area contributed by atoms with E-state index in [1.54, 1.807) is 0 Å². The molecule has 8 heteroatoms. The van der Waals surface area contributed by atoms with Gasteiger partial charge in [-0.3, -0.25) is 4.79 Å². The van der Waals surface area contributed by atoms with Crippen LogP contribution in [0.25, 0.3) is 0 Å². The Hall–Kier alpha value is -2.12. The molecule has 0 unspecified atom stereocenters. The minimum atomic E-state index is -2.86. The van der Waals surface area contributed by atoms with Gasteiger partial charge in [-0.1, -0.05) is 0 Å². The number of hydrogen-bond donors (Lipinski definition) is 0. The Morgan fingerprint density at radius 1 is 1.65 bits per heavy atom. The Bertz CT molecular complexity index is 451. The number of hydrogen-bond acceptors (Lipinski definition) is 5. The van der Waals surface area contributed by atoms with Gasteiger partial charge in [0.25, 0.3) is 6.43 Å². The normalized spacial score (nSPS) is 10.4. The fourth-order valence-corrected chi connectivity index (χ4v) is 1.17. The molecule has 1 aromatic rings. The summed E-state index contributed by atoms with van der Waals surface area (Å²) < 4.78 is 29.4. The maximum atomic E-state index is 12.6. The van der Waals surface area contributed by atoms with Crippen molar-refractivity contribution in [3.05, 3.63) is 33.5 Å². The number of esters is 1. The molecule has 0 amide bonds. The topological polar surface area (TPSA) is 82.3 Å². The van der Waals surface area contributed by atoms with Crippen molar-refractivity contribution >= 4 is 11.8 Å². The molecule has 0 aliphatic carbocycles. The maximum Gasteiger partial charge on any atom is 0.363 e. The summed E-state index contributed by atoms with van der Waals surface area (Å²) in [4.78, 5) is 23.8. The molecule has 17 heavy (non-hydrogen) atoms. The SMILES string of the molecule is COC(=O)Cc1cc([N+](=O)[O-])ncc1C(F)F. The molecular weight excluding hydrogens is 238 g/mol. The third-order valence-corrected chi connectivity index (χ3v) is 1.99. The number of carbonyl (C=O) groups excluding carboxylic acids is 1. The highest BCUT2D eigenvalue weighted by Crippen LogP contribution is 2.25. The van der Waals surface area contributed by atoms with Crippen molar-refractivity contribution < 1.29 is 23.2 Å². The molecule has 1 aromatic heterocycles. The summed E-state index contributed by atoms with van der Waals surface area (Å²) in [5.41, 5.74) is -0.672. The molecule has 1 heterocycles. The molecule has 0 saturated heterocycles. The second-order valence-electron chi connectivity index (χ2n) is 3.05. The molecule has 0 atom stereocenters. The van der Waals surface area contributed by atoms with Crippen LogP contribution >= 0.6 is 0 Å². The van der Waals surface area contributed by atoms with E-state index in [1.807, 2.05) is 0 Å². The summed E-state index contributed by atoms with van der Waals surface area (Å²) in [7, 11) is 1.10. The first kappa shape index (κ1) is 12.9. The second kappa shape index (κ2) is 5.28. The maximum absolute atomic E-state index is 12.6. The van der Waals surface area contributed by atoms with Gasteiger partial charge in [0.1, 0.15) is 6.20 Å². The van der Waals surface area contributed by atoms with E-state index in [0.29, 0.717) is 6.20 Å². The fourth-order valence-electron chi connectivity index (χ4n) is 1.17. The average Bonchev–Trinajstić information content (AvgIpc) is 2.28. The highest BCUT2D eigenvalue weighted by Gasteiger charge is 2.21. The molecule has 0 saturated carbocycles. The number of pyridine rings is 1. The molecular formula is C9H8F2N2O4. The summed E-state index contributed by atoms with van der Waals surface area (Å²) in [6, 6.07) is 0.846. The minimum absolute atomic E-state index is 0.159. The van der Waals surface area contributed by atoms with Crippen molar-refractivity contribution in [2.24, 2.45) is 0 Å². The first-order valence-electron chi connectivity index (χ1n) is 4.44. The molecule has 0 aliphatic rings. The average molecular weight is 246 g/mol. The third-order valence-electron chi connectivity index (χ3n) is 1.99. The molecule has 1 rings (SSSR count). The largest absolute Gasteiger partial charge is 0.469 e. The van der Waals surface area contributed by atoms with E-state index in [9.17, 15) is 23.7 Å². The number of aromatic nitrogens is 1. The van der Waals surface area contributed by atoms with Gasteiger partial charge in [-0.15, -0.1) is 0 Å². The number of nitro groups is 1. The Morgan fingerprint density at radius 3 is 2.76 bits per heavy atom. The first-order valence-corrected chi connectivity index (χ1v) is 4.44. The van der Waals surface area contributed by atoms with Gasteiger partial charge in [-0.05, 0) is 15.5 Å². The van der Waals surface area contributed by atoms with E-state index in [0.717, 1.165) is 13.2 Å². The van der Waals surface area contributed by atoms with E-state index in [2.05, 4.69) is 9.72 Å². The molecule has 0 aromatic carbocycles. The van der Waals surface area contributed by atoms with E-state index in [4.69, 9.17) is 0 Å². The lowest BCUT2D eigenvalue weighted by molar-refractivity contribution is -0.389. The zero-order valence-corrected chi connectivity index (χ0v) is 8.72. The molecule has 0 fully saturated rings. The van der Waals surface area contributed by atoms with Crippen molar-refractivity contribution in [3.63, 3.8) is 0 Å². The fraction of sp³-hybridized carbons (Fsp3) is 0.333. The molecule has 0 bridgehead atoms. The number of halogens is 2. The lowest BCUT2D eigenvalue weighted by Gasteiger charge is -2.05. The second-order valence-corrected chi connectivity index (χ2v) is 3.05. The number of methoxy groups -OCH3 is 1. The van der Waals surface area contributed by atoms with Crippen LogP contribution in [0.1, 0.15) is 17.6 Å². The van der Waals surface area contributed by atoms with Crippen molar-refractivity contribution in [1.82, 2.24) is 4.98 Å². The summed E-state index contributed by atoms with van der Waals surface area (Å²) in [5.74, 6) is -1.35. The standard InChI is InChI=1S/C9H8F2N2O4/c1-17-8(14)3-5-2-7(13(15)16)12-4-6(5)9(10)11/h2,4,9H,3H2,1H3. The van der Waals surface area contributed by atoms with Crippen LogP contribution in [0.15, 0.2) is 12.3 Å². The van der Waals surface area contributed by atoms with Crippen LogP contribution in [-0.2, 0) is 16.0 Å². The Kier molecular flexibility index (Phi) is 4.02. The molecule has 92 valence electrons. The Morgan fingerprint density at radius 2 is 2.29 bits per heavy atom. The van der Waals surface area contributed by atoms with Gasteiger partial charge < -0.3 is 14.9 Å². The molecule has 0 aliphatic heterocycles. The van der Waals surface area contributed by atoms with Gasteiger partial charge >= 0.3 is 11.8 Å². The van der Waals surface area contributed by atoms with Crippen molar-refractivity contribution in [2.75, 3.05) is 7.11 Å². The van der Waals surface area contributed by atoms with Crippen LogP contribution < -0.4 is 0 Å². The predicted octanol–water partition coefficient (Wildman–Crippen LogP) is 1.64. The van der Waals surface area contributed by atoms with E-state index < -0.39 is 35.1 Å². The Balaban J connectivity index is 3.15. The lowest BCUT2D eigenvalue weighted by atomic mass is 10.1. The van der Waals surface area contributed by atoms with Crippen LogP contribution in [0.4, 0.5) is 14.6 Å². The summed E-state index contributed by atoms with van der Waals surface area (Å²) in [6.45, 7) is 0. The quantitative estimate of drug-likeness (QED) is 0.458. The summed E-state index contributed by atoms with van der Waals surface area (Å²) in [5, 5.41) is 10.4. The number of nitrogens with zero attached hydrogens (tertiary/aromatic N) is 2. The molecule has 6 nitrogen and oxygen atoms in total. The van der Waals surface area contributed by atoms with Crippen LogP contribution in [-0.4, -0.2) is 23.0 Å². The number of ether oxygens (including phenoxy) is 1. The highest BCUT2D eigenvalue weighted by atomic mass is 19.3. The smallest absolute Gasteiger partial charge is 0.363 e. The Labute approximate surface area is 94.4 Å². The number of carbonyl (C=O) groups is 1. The molecule has 0 spiro atoms. The van der Waals surface area contributed by atoms with Crippen molar-refractivity contribution in [3.8, 4) is 0 Å². The minimum Gasteiger partial charge on any atom is -0.469 e. The predicted molar refractivity (Wildman–Crippen MR) is 51.6 cm³/mol.